The summed E-state index contributed by atoms with van der Waals surface area (Å²) in [6.07, 6.45) is 1.44. The van der Waals surface area contributed by atoms with Gasteiger partial charge in [0.05, 0.1) is 15.1 Å². The molecule has 3 aromatic rings. The molecule has 10 nitrogen and oxygen atoms in total. The molecule has 0 fully saturated rings. The molecule has 0 spiro atoms. The maximum absolute atomic E-state index is 13.2. The first-order valence-corrected chi connectivity index (χ1v) is 13.7. The largest absolute Gasteiger partial charge is 0.534 e. The van der Waals surface area contributed by atoms with Crippen LogP contribution in [-0.4, -0.2) is 45.6 Å². The average molecular weight is 561 g/mol. The van der Waals surface area contributed by atoms with Crippen molar-refractivity contribution in [3.8, 4) is 5.88 Å². The van der Waals surface area contributed by atoms with Crippen LogP contribution in [0.15, 0.2) is 58.1 Å². The highest BCUT2D eigenvalue weighted by molar-refractivity contribution is 7.93. The number of halogens is 3. The van der Waals surface area contributed by atoms with Crippen LogP contribution in [-0.2, 0) is 24.6 Å². The lowest BCUT2D eigenvalue weighted by Crippen LogP contribution is -2.28. The average Bonchev–Trinajstić information content (AvgIpc) is 2.77. The van der Waals surface area contributed by atoms with Crippen LogP contribution in [0.1, 0.15) is 27.7 Å². The number of pyridine rings is 2. The summed E-state index contributed by atoms with van der Waals surface area (Å²) in [6, 6.07) is 8.75. The number of carbonyl (C=O) groups is 1. The quantitative estimate of drug-likeness (QED) is 0.311. The zero-order valence-electron chi connectivity index (χ0n) is 20.1. The lowest BCUT2D eigenvalue weighted by atomic mass is 10.2. The van der Waals surface area contributed by atoms with E-state index in [2.05, 4.69) is 23.8 Å². The van der Waals surface area contributed by atoms with Gasteiger partial charge in [-0.3, -0.25) is 0 Å². The van der Waals surface area contributed by atoms with E-state index in [1.165, 1.54) is 42.6 Å². The molecule has 0 bridgehead atoms. The third-order valence-electron chi connectivity index (χ3n) is 4.58. The Bertz CT molecular complexity index is 1540. The number of hydrogen-bond acceptors (Lipinski definition) is 9. The van der Waals surface area contributed by atoms with E-state index in [9.17, 15) is 30.6 Å². The molecule has 0 aliphatic rings. The highest BCUT2D eigenvalue weighted by Crippen LogP contribution is 2.31. The standard InChI is InChI=1S/C22H23F3N4O6S2/c1-5-36(31,29-20(30)34-21(2,3)4)16-8-6-15(7-9-16)28-18-12-17-14(13-27-18)10-11-26-19(17)35-37(32,33)22(23,24)25/h6-13H,5H2,1-4H3,(H,27,28). The van der Waals surface area contributed by atoms with Crippen LogP contribution in [0.3, 0.4) is 0 Å². The Kier molecular flexibility index (Phi) is 7.69. The van der Waals surface area contributed by atoms with E-state index in [4.69, 9.17) is 4.74 Å². The number of hydrogen-bond donors (Lipinski definition) is 1. The summed E-state index contributed by atoms with van der Waals surface area (Å²) in [7, 11) is -9.02. The van der Waals surface area contributed by atoms with E-state index < -0.39 is 42.9 Å². The van der Waals surface area contributed by atoms with Crippen molar-refractivity contribution in [1.82, 2.24) is 9.97 Å². The minimum atomic E-state index is -5.93. The molecule has 15 heteroatoms. The van der Waals surface area contributed by atoms with E-state index in [1.807, 2.05) is 0 Å². The smallest absolute Gasteiger partial charge is 0.442 e. The topological polar surface area (TPSA) is 137 Å². The summed E-state index contributed by atoms with van der Waals surface area (Å²) in [6.45, 7) is 6.61. The third kappa shape index (κ3) is 6.85. The van der Waals surface area contributed by atoms with E-state index in [0.29, 0.717) is 5.69 Å². The number of amides is 1. The van der Waals surface area contributed by atoms with Gasteiger partial charge in [0.25, 0.3) is 0 Å². The van der Waals surface area contributed by atoms with Gasteiger partial charge in [0.1, 0.15) is 11.4 Å². The van der Waals surface area contributed by atoms with Gasteiger partial charge in [0.2, 0.25) is 5.88 Å². The maximum atomic E-state index is 13.2. The summed E-state index contributed by atoms with van der Waals surface area (Å²) in [4.78, 5) is 20.1. The molecule has 0 radical (unpaired) electrons. The van der Waals surface area contributed by atoms with Gasteiger partial charge in [-0.05, 0) is 57.2 Å². The molecule has 1 aromatic carbocycles. The van der Waals surface area contributed by atoms with Crippen LogP contribution < -0.4 is 9.50 Å². The lowest BCUT2D eigenvalue weighted by molar-refractivity contribution is -0.0500. The first-order chi connectivity index (χ1) is 17.0. The molecule has 1 atom stereocenters. The molecule has 1 N–H and O–H groups in total. The number of nitrogens with one attached hydrogen (secondary N) is 1. The fourth-order valence-electron chi connectivity index (χ4n) is 2.91. The van der Waals surface area contributed by atoms with E-state index in [1.54, 1.807) is 27.7 Å². The van der Waals surface area contributed by atoms with Gasteiger partial charge in [-0.25, -0.2) is 19.0 Å². The van der Waals surface area contributed by atoms with Crippen LogP contribution in [0, 0.1) is 0 Å². The number of carbonyl (C=O) groups excluding carboxylic acids is 1. The Morgan fingerprint density at radius 2 is 1.70 bits per heavy atom. The number of benzene rings is 1. The molecule has 0 saturated heterocycles. The molecule has 1 unspecified atom stereocenters. The summed E-state index contributed by atoms with van der Waals surface area (Å²) in [5.41, 5.74) is -5.98. The Hall–Kier alpha value is -3.46. The summed E-state index contributed by atoms with van der Waals surface area (Å²) in [5.74, 6) is -0.568. The van der Waals surface area contributed by atoms with Crippen molar-refractivity contribution >= 4 is 48.2 Å². The van der Waals surface area contributed by atoms with Gasteiger partial charge in [-0.15, -0.1) is 4.36 Å². The Morgan fingerprint density at radius 1 is 1.05 bits per heavy atom. The predicted molar refractivity (Wildman–Crippen MR) is 130 cm³/mol. The second-order valence-electron chi connectivity index (χ2n) is 8.54. The monoisotopic (exact) mass is 560 g/mol. The Morgan fingerprint density at radius 3 is 2.27 bits per heavy atom. The van der Waals surface area contributed by atoms with Gasteiger partial charge in [-0.2, -0.15) is 21.6 Å². The highest BCUT2D eigenvalue weighted by Gasteiger charge is 2.49. The van der Waals surface area contributed by atoms with Crippen molar-refractivity contribution in [1.29, 1.82) is 0 Å². The van der Waals surface area contributed by atoms with Crippen LogP contribution in [0.4, 0.5) is 29.5 Å². The number of fused-ring (bicyclic) bond motifs is 1. The molecule has 0 saturated carbocycles. The number of rotatable bonds is 6. The van der Waals surface area contributed by atoms with Crippen molar-refractivity contribution < 1.29 is 39.5 Å². The van der Waals surface area contributed by atoms with Crippen LogP contribution in [0.2, 0.25) is 0 Å². The van der Waals surface area contributed by atoms with Crippen molar-refractivity contribution in [2.24, 2.45) is 4.36 Å². The highest BCUT2D eigenvalue weighted by atomic mass is 32.2. The SMILES string of the molecule is CCS(=O)(=NC(=O)OC(C)(C)C)c1ccc(Nc2cc3c(OS(=O)(=O)C(F)(F)F)nccc3cn2)cc1. The van der Waals surface area contributed by atoms with E-state index in [0.717, 1.165) is 6.20 Å². The summed E-state index contributed by atoms with van der Waals surface area (Å²) >= 11 is 0. The van der Waals surface area contributed by atoms with Gasteiger partial charge < -0.3 is 14.2 Å². The normalized spacial score (nSPS) is 14.0. The summed E-state index contributed by atoms with van der Waals surface area (Å²) < 4.78 is 87.5. The molecule has 3 rings (SSSR count). The fourth-order valence-corrected chi connectivity index (χ4v) is 4.75. The zero-order chi connectivity index (χ0) is 27.6. The van der Waals surface area contributed by atoms with Crippen molar-refractivity contribution in [3.63, 3.8) is 0 Å². The van der Waals surface area contributed by atoms with E-state index in [-0.39, 0.29) is 27.2 Å². The first kappa shape index (κ1) is 28.1. The maximum Gasteiger partial charge on any atom is 0.534 e. The van der Waals surface area contributed by atoms with Gasteiger partial charge >= 0.3 is 21.7 Å². The molecule has 37 heavy (non-hydrogen) atoms. The minimum absolute atomic E-state index is 0.0328. The first-order valence-electron chi connectivity index (χ1n) is 10.6. The van der Waals surface area contributed by atoms with Gasteiger partial charge in [0, 0.05) is 34.1 Å². The molecule has 0 aliphatic heterocycles. The molecule has 2 aromatic heterocycles. The number of ether oxygens (including phenoxy) is 1. The molecule has 0 aliphatic carbocycles. The lowest BCUT2D eigenvalue weighted by Gasteiger charge is -2.18. The zero-order valence-corrected chi connectivity index (χ0v) is 21.7. The summed E-state index contributed by atoms with van der Waals surface area (Å²) in [5, 5.41) is 3.16. The molecular formula is C22H23F3N4O6S2. The number of anilines is 2. The van der Waals surface area contributed by atoms with Gasteiger partial charge in [-0.1, -0.05) is 6.92 Å². The number of aromatic nitrogens is 2. The van der Waals surface area contributed by atoms with Crippen molar-refractivity contribution in [3.05, 3.63) is 48.8 Å². The molecular weight excluding hydrogens is 537 g/mol. The fraction of sp³-hybridized carbons (Fsp3) is 0.318. The van der Waals surface area contributed by atoms with Crippen LogP contribution in [0.5, 0.6) is 5.88 Å². The van der Waals surface area contributed by atoms with Crippen LogP contribution in [0.25, 0.3) is 10.8 Å². The number of alkyl halides is 3. The second-order valence-corrected chi connectivity index (χ2v) is 12.6. The molecule has 1 amide bonds. The number of nitrogens with zero attached hydrogens (tertiary/aromatic N) is 3. The van der Waals surface area contributed by atoms with E-state index >= 15 is 0 Å². The Balaban J connectivity index is 1.89. The minimum Gasteiger partial charge on any atom is -0.442 e. The molecule has 200 valence electrons. The van der Waals surface area contributed by atoms with Crippen LogP contribution >= 0.6 is 0 Å². The van der Waals surface area contributed by atoms with Crippen molar-refractivity contribution in [2.45, 2.75) is 43.7 Å². The van der Waals surface area contributed by atoms with Gasteiger partial charge in [0.15, 0.2) is 0 Å². The Labute approximate surface area is 211 Å². The predicted octanol–water partition coefficient (Wildman–Crippen LogP) is 5.38. The van der Waals surface area contributed by atoms with Crippen molar-refractivity contribution in [2.75, 3.05) is 11.1 Å². The second kappa shape index (κ2) is 10.1. The third-order valence-corrected chi connectivity index (χ3v) is 7.76. The molecule has 2 heterocycles.